The van der Waals surface area contributed by atoms with Gasteiger partial charge in [-0.3, -0.25) is 0 Å². The smallest absolute Gasteiger partial charge is 0.135 e. The highest BCUT2D eigenvalue weighted by Crippen LogP contribution is 2.42. The Morgan fingerprint density at radius 1 is 0.257 bits per heavy atom. The summed E-state index contributed by atoms with van der Waals surface area (Å²) in [6.45, 7) is 13.6. The zero-order chi connectivity index (χ0) is 50.6. The average molecular weight is 959 g/mol. The monoisotopic (exact) mass is 958 g/mol. The Balaban J connectivity index is 0.824. The van der Waals surface area contributed by atoms with Gasteiger partial charge in [0.05, 0.1) is 0 Å². The topological polar surface area (TPSA) is 32.8 Å². The van der Waals surface area contributed by atoms with Crippen molar-refractivity contribution >= 4 is 66.8 Å². The van der Waals surface area contributed by atoms with Crippen LogP contribution in [0.3, 0.4) is 0 Å². The molecular formula is C70H58N2O2. The minimum absolute atomic E-state index is 0.0113. The number of hydrogen-bond acceptors (Lipinski definition) is 4. The third-order valence-electron chi connectivity index (χ3n) is 14.3. The Hall–Kier alpha value is -8.86. The van der Waals surface area contributed by atoms with Crippen molar-refractivity contribution in [2.75, 3.05) is 9.80 Å². The summed E-state index contributed by atoms with van der Waals surface area (Å²) in [5, 5.41) is 4.29. The van der Waals surface area contributed by atoms with Crippen LogP contribution in [0.2, 0.25) is 0 Å². The van der Waals surface area contributed by atoms with E-state index in [1.807, 2.05) is 0 Å². The fourth-order valence-electron chi connectivity index (χ4n) is 10.1. The van der Waals surface area contributed by atoms with Crippen LogP contribution in [0, 0.1) is 0 Å². The first-order valence-electron chi connectivity index (χ1n) is 25.6. The molecule has 0 bridgehead atoms. The predicted octanol–water partition coefficient (Wildman–Crippen LogP) is 20.5. The van der Waals surface area contributed by atoms with Gasteiger partial charge >= 0.3 is 0 Å². The van der Waals surface area contributed by atoms with Gasteiger partial charge in [0.15, 0.2) is 0 Å². The van der Waals surface area contributed by atoms with Gasteiger partial charge in [-0.25, -0.2) is 0 Å². The SMILES string of the molecule is CC(C)(C)c1cccc(N(c2ccc(-c3ccccc3)cc2)c2ccc(-c3cc4cc5cc6oc(-c7ccc(N(c8ccc(-c9ccccc9)cc8)c8cccc(C(C)(C)C)c8)cc7)cc6cc5cc4o3)cc2)c1. The van der Waals surface area contributed by atoms with Gasteiger partial charge in [-0.05, 0) is 188 Å². The van der Waals surface area contributed by atoms with Crippen LogP contribution in [-0.4, -0.2) is 0 Å². The first-order valence-corrected chi connectivity index (χ1v) is 25.6. The number of fused-ring (bicyclic) bond motifs is 3. The molecule has 0 amide bonds. The van der Waals surface area contributed by atoms with Gasteiger partial charge in [0.2, 0.25) is 0 Å². The maximum atomic E-state index is 6.63. The van der Waals surface area contributed by atoms with Crippen LogP contribution < -0.4 is 9.80 Å². The summed E-state index contributed by atoms with van der Waals surface area (Å²) in [4.78, 5) is 4.67. The quantitative estimate of drug-likeness (QED) is 0.137. The molecule has 12 rings (SSSR count). The Morgan fingerprint density at radius 2 is 0.581 bits per heavy atom. The Kier molecular flexibility index (Phi) is 11.6. The predicted molar refractivity (Wildman–Crippen MR) is 312 cm³/mol. The van der Waals surface area contributed by atoms with E-state index in [0.29, 0.717) is 0 Å². The van der Waals surface area contributed by atoms with Crippen LogP contribution in [0.25, 0.3) is 77.6 Å². The Labute approximate surface area is 434 Å². The Bertz CT molecular complexity index is 3600. The maximum absolute atomic E-state index is 6.63. The molecule has 4 heteroatoms. The average Bonchev–Trinajstić information content (AvgIpc) is 4.05. The van der Waals surface area contributed by atoms with E-state index in [-0.39, 0.29) is 10.8 Å². The van der Waals surface area contributed by atoms with Gasteiger partial charge in [-0.1, -0.05) is 151 Å². The molecule has 0 spiro atoms. The fraction of sp³-hybridized carbons (Fsp3) is 0.114. The molecule has 0 N–H and O–H groups in total. The maximum Gasteiger partial charge on any atom is 0.135 e. The van der Waals surface area contributed by atoms with Crippen molar-refractivity contribution < 1.29 is 8.83 Å². The summed E-state index contributed by atoms with van der Waals surface area (Å²) >= 11 is 0. The molecule has 10 aromatic carbocycles. The summed E-state index contributed by atoms with van der Waals surface area (Å²) in [5.74, 6) is 1.66. The molecule has 2 heterocycles. The van der Waals surface area contributed by atoms with Gasteiger partial charge < -0.3 is 18.6 Å². The molecule has 4 nitrogen and oxygen atoms in total. The summed E-state index contributed by atoms with van der Waals surface area (Å²) in [6, 6.07) is 87.0. The van der Waals surface area contributed by atoms with E-state index in [1.165, 1.54) is 33.4 Å². The minimum Gasteiger partial charge on any atom is -0.456 e. The van der Waals surface area contributed by atoms with E-state index in [0.717, 1.165) is 89.5 Å². The third-order valence-corrected chi connectivity index (χ3v) is 14.3. The highest BCUT2D eigenvalue weighted by atomic mass is 16.3. The standard InChI is InChI=1S/C70H58N2O2/c1-69(2,3)57-19-13-21-63(45-57)71(59-31-23-49(24-32-59)47-15-9-7-10-16-47)61-35-27-51(28-36-61)65-43-55-39-53-42-68-56(40-54(53)41-67(55)73-65)44-66(74-68)52-29-37-62(38-30-52)72(64-22-14-20-58(46-64)70(4,5)6)60-33-25-50(26-34-60)48-17-11-8-12-18-48/h7-46H,1-6H3. The second kappa shape index (κ2) is 18.6. The largest absolute Gasteiger partial charge is 0.456 e. The summed E-state index contributed by atoms with van der Waals surface area (Å²) in [7, 11) is 0. The van der Waals surface area contributed by atoms with Crippen molar-refractivity contribution in [3.63, 3.8) is 0 Å². The second-order valence-corrected chi connectivity index (χ2v) is 21.5. The lowest BCUT2D eigenvalue weighted by Crippen LogP contribution is -2.14. The molecule has 0 atom stereocenters. The first kappa shape index (κ1) is 46.2. The molecule has 12 aromatic rings. The summed E-state index contributed by atoms with van der Waals surface area (Å²) in [5.41, 5.74) is 17.7. The van der Waals surface area contributed by atoms with Crippen molar-refractivity contribution in [1.29, 1.82) is 0 Å². The van der Waals surface area contributed by atoms with Gasteiger partial charge in [-0.15, -0.1) is 0 Å². The molecule has 360 valence electrons. The molecule has 2 aromatic heterocycles. The molecule has 74 heavy (non-hydrogen) atoms. The van der Waals surface area contributed by atoms with Crippen LogP contribution in [0.4, 0.5) is 34.1 Å². The van der Waals surface area contributed by atoms with Crippen molar-refractivity contribution in [2.45, 2.75) is 52.4 Å². The summed E-state index contributed by atoms with van der Waals surface area (Å²) in [6.07, 6.45) is 0. The molecule has 0 unspecified atom stereocenters. The van der Waals surface area contributed by atoms with Gasteiger partial charge in [0, 0.05) is 56.0 Å². The minimum atomic E-state index is 0.0113. The van der Waals surface area contributed by atoms with E-state index < -0.39 is 0 Å². The molecule has 0 aliphatic carbocycles. The van der Waals surface area contributed by atoms with E-state index >= 15 is 0 Å². The number of benzene rings is 10. The highest BCUT2D eigenvalue weighted by molar-refractivity contribution is 6.04. The summed E-state index contributed by atoms with van der Waals surface area (Å²) < 4.78 is 13.3. The zero-order valence-corrected chi connectivity index (χ0v) is 42.8. The van der Waals surface area contributed by atoms with Gasteiger partial charge in [-0.2, -0.15) is 0 Å². The number of rotatable bonds is 10. The van der Waals surface area contributed by atoms with Crippen LogP contribution in [0.15, 0.2) is 251 Å². The van der Waals surface area contributed by atoms with Gasteiger partial charge in [0.25, 0.3) is 0 Å². The molecule has 0 saturated carbocycles. The van der Waals surface area contributed by atoms with Crippen molar-refractivity contribution in [2.24, 2.45) is 0 Å². The van der Waals surface area contributed by atoms with Crippen LogP contribution >= 0.6 is 0 Å². The van der Waals surface area contributed by atoms with Crippen molar-refractivity contribution in [3.8, 4) is 44.9 Å². The lowest BCUT2D eigenvalue weighted by Gasteiger charge is -2.28. The lowest BCUT2D eigenvalue weighted by molar-refractivity contribution is 0.590. The van der Waals surface area contributed by atoms with Crippen molar-refractivity contribution in [3.05, 3.63) is 254 Å². The van der Waals surface area contributed by atoms with Gasteiger partial charge in [0.1, 0.15) is 22.7 Å². The Morgan fingerprint density at radius 3 is 0.919 bits per heavy atom. The molecule has 0 radical (unpaired) electrons. The number of furan rings is 2. The van der Waals surface area contributed by atoms with E-state index in [2.05, 4.69) is 294 Å². The van der Waals surface area contributed by atoms with Crippen LogP contribution in [0.1, 0.15) is 52.7 Å². The normalized spacial score (nSPS) is 11.9. The number of nitrogens with zero attached hydrogens (tertiary/aromatic N) is 2. The highest BCUT2D eigenvalue weighted by Gasteiger charge is 2.21. The van der Waals surface area contributed by atoms with Crippen LogP contribution in [-0.2, 0) is 10.8 Å². The van der Waals surface area contributed by atoms with Crippen LogP contribution in [0.5, 0.6) is 0 Å². The van der Waals surface area contributed by atoms with E-state index in [9.17, 15) is 0 Å². The lowest BCUT2D eigenvalue weighted by atomic mass is 9.87. The molecule has 0 aliphatic rings. The molecule has 0 saturated heterocycles. The molecular weight excluding hydrogens is 901 g/mol. The molecule has 0 aliphatic heterocycles. The molecule has 0 fully saturated rings. The van der Waals surface area contributed by atoms with E-state index in [1.54, 1.807) is 0 Å². The third kappa shape index (κ3) is 9.16. The fourth-order valence-corrected chi connectivity index (χ4v) is 10.1. The first-order chi connectivity index (χ1) is 35.9. The number of anilines is 6. The zero-order valence-electron chi connectivity index (χ0n) is 42.8. The van der Waals surface area contributed by atoms with Crippen molar-refractivity contribution in [1.82, 2.24) is 0 Å². The number of hydrogen-bond donors (Lipinski definition) is 0. The van der Waals surface area contributed by atoms with E-state index in [4.69, 9.17) is 8.83 Å². The second-order valence-electron chi connectivity index (χ2n) is 21.5.